The smallest absolute Gasteiger partial charge is 0.252 e. The van der Waals surface area contributed by atoms with E-state index in [0.717, 1.165) is 53.7 Å². The molecule has 1 aliphatic rings. The van der Waals surface area contributed by atoms with Crippen LogP contribution in [0.1, 0.15) is 41.3 Å². The fourth-order valence-electron chi connectivity index (χ4n) is 4.27. The minimum atomic E-state index is -0.107. The topological polar surface area (TPSA) is 74.3 Å². The van der Waals surface area contributed by atoms with Gasteiger partial charge in [0.1, 0.15) is 0 Å². The number of amides is 2. The molecule has 32 heavy (non-hydrogen) atoms. The first-order valence-corrected chi connectivity index (χ1v) is 11.2. The summed E-state index contributed by atoms with van der Waals surface area (Å²) >= 11 is 0. The first-order chi connectivity index (χ1) is 15.4. The Labute approximate surface area is 189 Å². The third-order valence-electron chi connectivity index (χ3n) is 5.90. The van der Waals surface area contributed by atoms with E-state index in [1.165, 1.54) is 24.5 Å². The molecule has 2 amide bonds. The first-order valence-electron chi connectivity index (χ1n) is 11.2. The number of aromatic nitrogens is 1. The van der Waals surface area contributed by atoms with E-state index in [9.17, 15) is 9.59 Å². The third kappa shape index (κ3) is 4.81. The summed E-state index contributed by atoms with van der Waals surface area (Å²) in [5.41, 5.74) is 6.62. The van der Waals surface area contributed by atoms with Crippen molar-refractivity contribution in [2.24, 2.45) is 0 Å². The normalized spacial score (nSPS) is 13.1. The van der Waals surface area contributed by atoms with Gasteiger partial charge >= 0.3 is 0 Å². The predicted octanol–water partition coefficient (Wildman–Crippen LogP) is 4.03. The molecule has 0 fully saturated rings. The zero-order chi connectivity index (χ0) is 22.7. The number of fused-ring (bicyclic) bond motifs is 3. The fraction of sp³-hybridized carbons (Fsp3) is 0.346. The molecule has 1 aliphatic carbocycles. The van der Waals surface area contributed by atoms with E-state index in [4.69, 9.17) is 4.98 Å². The van der Waals surface area contributed by atoms with Crippen molar-refractivity contribution in [2.45, 2.75) is 32.6 Å². The van der Waals surface area contributed by atoms with Gasteiger partial charge in [0, 0.05) is 36.7 Å². The van der Waals surface area contributed by atoms with Crippen molar-refractivity contribution in [1.82, 2.24) is 15.2 Å². The molecule has 2 N–H and O–H groups in total. The maximum Gasteiger partial charge on any atom is 0.252 e. The highest BCUT2D eigenvalue weighted by Crippen LogP contribution is 2.32. The van der Waals surface area contributed by atoms with Gasteiger partial charge in [0.05, 0.1) is 16.8 Å². The average molecular weight is 431 g/mol. The lowest BCUT2D eigenvalue weighted by Gasteiger charge is -2.19. The van der Waals surface area contributed by atoms with Crippen molar-refractivity contribution in [3.8, 4) is 11.3 Å². The zero-order valence-corrected chi connectivity index (χ0v) is 19.0. The Morgan fingerprint density at radius 1 is 1.03 bits per heavy atom. The minimum Gasteiger partial charge on any atom is -0.351 e. The maximum absolute atomic E-state index is 13.2. The molecule has 0 radical (unpaired) electrons. The van der Waals surface area contributed by atoms with Crippen molar-refractivity contribution in [3.05, 3.63) is 59.2 Å². The standard InChI is InChI=1S/C26H30N4O2/c1-17(31)28-20-11-8-19(9-12-20)24-16-23(26(32)27-14-15-30(2)3)22-13-10-18-6-4-5-7-21(18)25(22)29-24/h8-13,16H,4-7,14-15H2,1-3H3,(H,27,32)(H,28,31). The zero-order valence-electron chi connectivity index (χ0n) is 19.0. The Hall–Kier alpha value is -3.25. The Kier molecular flexibility index (Phi) is 6.51. The van der Waals surface area contributed by atoms with Crippen molar-refractivity contribution >= 4 is 28.4 Å². The summed E-state index contributed by atoms with van der Waals surface area (Å²) in [4.78, 5) is 31.6. The number of aryl methyl sites for hydroxylation is 2. The van der Waals surface area contributed by atoms with Gasteiger partial charge in [0.25, 0.3) is 5.91 Å². The van der Waals surface area contributed by atoms with Crippen LogP contribution in [0.4, 0.5) is 5.69 Å². The van der Waals surface area contributed by atoms with Gasteiger partial charge in [-0.3, -0.25) is 9.59 Å². The van der Waals surface area contributed by atoms with Crippen LogP contribution in [0.3, 0.4) is 0 Å². The van der Waals surface area contributed by atoms with Gasteiger partial charge in [-0.05, 0) is 69.1 Å². The fourth-order valence-corrected chi connectivity index (χ4v) is 4.27. The van der Waals surface area contributed by atoms with Gasteiger partial charge in [-0.2, -0.15) is 0 Å². The van der Waals surface area contributed by atoms with Crippen molar-refractivity contribution in [3.63, 3.8) is 0 Å². The second-order valence-corrected chi connectivity index (χ2v) is 8.68. The van der Waals surface area contributed by atoms with E-state index in [2.05, 4.69) is 22.8 Å². The quantitative estimate of drug-likeness (QED) is 0.619. The molecule has 1 heterocycles. The number of likely N-dealkylation sites (N-methyl/N-ethyl adjacent to an activating group) is 1. The van der Waals surface area contributed by atoms with Crippen molar-refractivity contribution in [2.75, 3.05) is 32.5 Å². The molecule has 0 saturated carbocycles. The molecule has 2 aromatic carbocycles. The second-order valence-electron chi connectivity index (χ2n) is 8.68. The number of anilines is 1. The lowest BCUT2D eigenvalue weighted by Crippen LogP contribution is -2.31. The number of carbonyl (C=O) groups is 2. The molecule has 0 bridgehead atoms. The number of hydrogen-bond donors (Lipinski definition) is 2. The van der Waals surface area contributed by atoms with Gasteiger partial charge in [-0.25, -0.2) is 4.98 Å². The average Bonchev–Trinajstić information content (AvgIpc) is 2.78. The van der Waals surface area contributed by atoms with Gasteiger partial charge in [0.2, 0.25) is 5.91 Å². The van der Waals surface area contributed by atoms with Crippen LogP contribution in [0, 0.1) is 0 Å². The Morgan fingerprint density at radius 2 is 1.78 bits per heavy atom. The lowest BCUT2D eigenvalue weighted by molar-refractivity contribution is -0.114. The van der Waals surface area contributed by atoms with Crippen LogP contribution in [-0.2, 0) is 17.6 Å². The number of pyridine rings is 1. The number of carbonyl (C=O) groups excluding carboxylic acids is 2. The lowest BCUT2D eigenvalue weighted by atomic mass is 9.88. The first kappa shape index (κ1) is 22.0. The van der Waals surface area contributed by atoms with Crippen LogP contribution in [0.5, 0.6) is 0 Å². The second kappa shape index (κ2) is 9.49. The molecule has 3 aromatic rings. The van der Waals surface area contributed by atoms with Crippen LogP contribution < -0.4 is 10.6 Å². The Balaban J connectivity index is 1.78. The molecule has 166 valence electrons. The Morgan fingerprint density at radius 3 is 2.50 bits per heavy atom. The van der Waals surface area contributed by atoms with Gasteiger partial charge in [0.15, 0.2) is 0 Å². The van der Waals surface area contributed by atoms with E-state index in [1.54, 1.807) is 0 Å². The molecule has 6 heteroatoms. The SMILES string of the molecule is CC(=O)Nc1ccc(-c2cc(C(=O)NCCN(C)C)c3ccc4c(c3n2)CCCC4)cc1. The van der Waals surface area contributed by atoms with E-state index >= 15 is 0 Å². The molecule has 0 saturated heterocycles. The molecule has 1 aromatic heterocycles. The molecule has 4 rings (SSSR count). The molecule has 0 unspecified atom stereocenters. The predicted molar refractivity (Wildman–Crippen MR) is 129 cm³/mol. The Bertz CT molecular complexity index is 1150. The van der Waals surface area contributed by atoms with Gasteiger partial charge in [-0.1, -0.05) is 24.3 Å². The van der Waals surface area contributed by atoms with Crippen molar-refractivity contribution in [1.29, 1.82) is 0 Å². The number of nitrogens with one attached hydrogen (secondary N) is 2. The van der Waals surface area contributed by atoms with Crippen LogP contribution in [0.25, 0.3) is 22.2 Å². The monoisotopic (exact) mass is 430 g/mol. The number of rotatable bonds is 6. The largest absolute Gasteiger partial charge is 0.351 e. The van der Waals surface area contributed by atoms with Crippen LogP contribution in [0.15, 0.2) is 42.5 Å². The summed E-state index contributed by atoms with van der Waals surface area (Å²) in [6, 6.07) is 13.7. The van der Waals surface area contributed by atoms with Crippen LogP contribution in [-0.4, -0.2) is 48.9 Å². The van der Waals surface area contributed by atoms with E-state index in [0.29, 0.717) is 12.1 Å². The molecule has 0 atom stereocenters. The van der Waals surface area contributed by atoms with Gasteiger partial charge < -0.3 is 15.5 Å². The third-order valence-corrected chi connectivity index (χ3v) is 5.90. The summed E-state index contributed by atoms with van der Waals surface area (Å²) in [7, 11) is 3.98. The number of benzene rings is 2. The molecule has 0 spiro atoms. The highest BCUT2D eigenvalue weighted by Gasteiger charge is 2.19. The summed E-state index contributed by atoms with van der Waals surface area (Å²) in [5, 5.41) is 6.75. The molecule has 0 aliphatic heterocycles. The summed E-state index contributed by atoms with van der Waals surface area (Å²) < 4.78 is 0. The summed E-state index contributed by atoms with van der Waals surface area (Å²) in [6.07, 6.45) is 4.40. The highest BCUT2D eigenvalue weighted by atomic mass is 16.2. The van der Waals surface area contributed by atoms with E-state index in [-0.39, 0.29) is 11.8 Å². The van der Waals surface area contributed by atoms with Gasteiger partial charge in [-0.15, -0.1) is 0 Å². The molecule has 6 nitrogen and oxygen atoms in total. The highest BCUT2D eigenvalue weighted by molar-refractivity contribution is 6.08. The minimum absolute atomic E-state index is 0.0777. The van der Waals surface area contributed by atoms with Crippen LogP contribution in [0.2, 0.25) is 0 Å². The number of nitrogens with zero attached hydrogens (tertiary/aromatic N) is 2. The summed E-state index contributed by atoms with van der Waals surface area (Å²) in [5.74, 6) is -0.184. The van der Waals surface area contributed by atoms with Crippen molar-refractivity contribution < 1.29 is 9.59 Å². The molecular weight excluding hydrogens is 400 g/mol. The number of hydrogen-bond acceptors (Lipinski definition) is 4. The maximum atomic E-state index is 13.2. The molecular formula is C26H30N4O2. The van der Waals surface area contributed by atoms with Crippen LogP contribution >= 0.6 is 0 Å². The summed E-state index contributed by atoms with van der Waals surface area (Å²) in [6.45, 7) is 2.85. The van der Waals surface area contributed by atoms with E-state index in [1.807, 2.05) is 49.3 Å². The van der Waals surface area contributed by atoms with E-state index < -0.39 is 0 Å².